The number of dihydropyridines is 1. The third-order valence-electron chi connectivity index (χ3n) is 5.30. The molecule has 4 rings (SSSR count). The number of carbonyl (C=O) groups is 3. The standard InChI is InChI=1S/C22H22N4O4S/c1-30-17-6-4-15-12-26(10-8-14(15)11-17)19(27)7-5-16-13-31-22(24-16)25-21(29)18-3-2-9-23-20(18)28/h2-4,6,9,11,13,18H,5,7-8,10,12H2,1H3,(H,24,25,29). The van der Waals surface area contributed by atoms with Crippen molar-refractivity contribution in [3.8, 4) is 5.75 Å². The molecule has 3 heterocycles. The quantitative estimate of drug-likeness (QED) is 0.698. The van der Waals surface area contributed by atoms with Crippen LogP contribution in [0, 0.1) is 5.92 Å². The van der Waals surface area contributed by atoms with Crippen molar-refractivity contribution in [3.05, 3.63) is 52.6 Å². The van der Waals surface area contributed by atoms with Gasteiger partial charge in [-0.2, -0.15) is 0 Å². The van der Waals surface area contributed by atoms with Gasteiger partial charge < -0.3 is 15.0 Å². The molecule has 2 aliphatic rings. The fraction of sp³-hybridized carbons (Fsp3) is 0.318. The zero-order valence-corrected chi connectivity index (χ0v) is 17.9. The van der Waals surface area contributed by atoms with E-state index in [4.69, 9.17) is 4.74 Å². The van der Waals surface area contributed by atoms with Gasteiger partial charge in [-0.15, -0.1) is 11.3 Å². The maximum absolute atomic E-state index is 12.7. The lowest BCUT2D eigenvalue weighted by Gasteiger charge is -2.29. The highest BCUT2D eigenvalue weighted by Crippen LogP contribution is 2.24. The summed E-state index contributed by atoms with van der Waals surface area (Å²) in [5.41, 5.74) is 3.11. The van der Waals surface area contributed by atoms with E-state index in [-0.39, 0.29) is 5.91 Å². The number of hydrogen-bond acceptors (Lipinski definition) is 6. The number of thiazole rings is 1. The largest absolute Gasteiger partial charge is 0.497 e. The summed E-state index contributed by atoms with van der Waals surface area (Å²) in [5.74, 6) is -0.971. The topological polar surface area (TPSA) is 101 Å². The van der Waals surface area contributed by atoms with E-state index in [2.05, 4.69) is 15.3 Å². The molecule has 0 spiro atoms. The van der Waals surface area contributed by atoms with Crippen molar-refractivity contribution >= 4 is 40.4 Å². The summed E-state index contributed by atoms with van der Waals surface area (Å²) in [5, 5.41) is 4.87. The molecular formula is C22H22N4O4S. The van der Waals surface area contributed by atoms with Gasteiger partial charge in [0.1, 0.15) is 11.7 Å². The summed E-state index contributed by atoms with van der Waals surface area (Å²) in [6, 6.07) is 5.97. The number of aromatic nitrogens is 1. The summed E-state index contributed by atoms with van der Waals surface area (Å²) in [4.78, 5) is 46.5. The van der Waals surface area contributed by atoms with Crippen LogP contribution in [0.4, 0.5) is 5.13 Å². The summed E-state index contributed by atoms with van der Waals surface area (Å²) in [6.45, 7) is 1.28. The van der Waals surface area contributed by atoms with Crippen LogP contribution in [0.3, 0.4) is 0 Å². The number of aliphatic imine (C=N–C) groups is 1. The molecule has 0 saturated heterocycles. The van der Waals surface area contributed by atoms with E-state index < -0.39 is 17.7 Å². The highest BCUT2D eigenvalue weighted by Gasteiger charge is 2.26. The first-order valence-corrected chi connectivity index (χ1v) is 10.8. The third kappa shape index (κ3) is 4.88. The number of anilines is 1. The van der Waals surface area contributed by atoms with Crippen molar-refractivity contribution in [3.63, 3.8) is 0 Å². The number of nitrogens with one attached hydrogen (secondary N) is 1. The predicted octanol–water partition coefficient (Wildman–Crippen LogP) is 2.39. The Morgan fingerprint density at radius 2 is 2.19 bits per heavy atom. The van der Waals surface area contributed by atoms with Crippen LogP contribution in [-0.4, -0.2) is 47.5 Å². The van der Waals surface area contributed by atoms with Crippen LogP contribution in [0.1, 0.15) is 23.2 Å². The Labute approximate surface area is 183 Å². The molecule has 0 fully saturated rings. The second-order valence-corrected chi connectivity index (χ2v) is 8.17. The van der Waals surface area contributed by atoms with Crippen LogP contribution in [0.15, 0.2) is 40.7 Å². The fourth-order valence-corrected chi connectivity index (χ4v) is 4.31. The number of ether oxygens (including phenoxy) is 1. The molecule has 2 aliphatic heterocycles. The molecule has 9 heteroatoms. The van der Waals surface area contributed by atoms with Crippen LogP contribution >= 0.6 is 11.3 Å². The molecule has 1 N–H and O–H groups in total. The second kappa shape index (κ2) is 9.22. The summed E-state index contributed by atoms with van der Waals surface area (Å²) < 4.78 is 5.27. The van der Waals surface area contributed by atoms with Crippen molar-refractivity contribution in [2.24, 2.45) is 10.9 Å². The van der Waals surface area contributed by atoms with E-state index >= 15 is 0 Å². The number of aryl methyl sites for hydroxylation is 1. The van der Waals surface area contributed by atoms with Gasteiger partial charge in [-0.25, -0.2) is 9.98 Å². The number of amides is 3. The van der Waals surface area contributed by atoms with Crippen LogP contribution in [0.2, 0.25) is 0 Å². The Balaban J connectivity index is 1.29. The number of allylic oxidation sites excluding steroid dienone is 1. The number of methoxy groups -OCH3 is 1. The third-order valence-corrected chi connectivity index (χ3v) is 6.10. The number of carbonyl (C=O) groups excluding carboxylic acids is 3. The maximum Gasteiger partial charge on any atom is 0.262 e. The zero-order valence-electron chi connectivity index (χ0n) is 17.0. The Kier molecular flexibility index (Phi) is 6.22. The Morgan fingerprint density at radius 1 is 1.32 bits per heavy atom. The van der Waals surface area contributed by atoms with E-state index in [0.29, 0.717) is 31.1 Å². The normalized spacial score (nSPS) is 17.4. The zero-order chi connectivity index (χ0) is 21.8. The van der Waals surface area contributed by atoms with Gasteiger partial charge in [0.2, 0.25) is 11.8 Å². The maximum atomic E-state index is 12.7. The van der Waals surface area contributed by atoms with Gasteiger partial charge in [-0.05, 0) is 42.2 Å². The summed E-state index contributed by atoms with van der Waals surface area (Å²) in [7, 11) is 1.65. The van der Waals surface area contributed by atoms with Gasteiger partial charge in [0.15, 0.2) is 5.13 Å². The molecule has 0 radical (unpaired) electrons. The first kappa shape index (κ1) is 20.9. The molecule has 3 amide bonds. The molecule has 0 aliphatic carbocycles. The number of rotatable bonds is 6. The fourth-order valence-electron chi connectivity index (χ4n) is 3.56. The van der Waals surface area contributed by atoms with E-state index in [1.165, 1.54) is 29.2 Å². The van der Waals surface area contributed by atoms with Gasteiger partial charge in [0, 0.05) is 31.1 Å². The summed E-state index contributed by atoms with van der Waals surface area (Å²) in [6.07, 6.45) is 6.08. The molecule has 2 aromatic rings. The number of hydrogen-bond donors (Lipinski definition) is 1. The Morgan fingerprint density at radius 3 is 3.00 bits per heavy atom. The second-order valence-electron chi connectivity index (χ2n) is 7.31. The lowest BCUT2D eigenvalue weighted by molar-refractivity contribution is -0.132. The minimum atomic E-state index is -0.930. The molecule has 1 aromatic heterocycles. The van der Waals surface area contributed by atoms with Crippen LogP contribution in [-0.2, 0) is 33.8 Å². The smallest absolute Gasteiger partial charge is 0.262 e. The number of benzene rings is 1. The van der Waals surface area contributed by atoms with Gasteiger partial charge in [0.25, 0.3) is 5.91 Å². The van der Waals surface area contributed by atoms with Crippen molar-refractivity contribution in [2.75, 3.05) is 19.0 Å². The Hall–Kier alpha value is -3.33. The molecule has 0 bridgehead atoms. The molecule has 1 unspecified atom stereocenters. The minimum Gasteiger partial charge on any atom is -0.497 e. The molecule has 8 nitrogen and oxygen atoms in total. The van der Waals surface area contributed by atoms with Gasteiger partial charge in [-0.3, -0.25) is 14.4 Å². The molecule has 0 saturated carbocycles. The van der Waals surface area contributed by atoms with Crippen molar-refractivity contribution < 1.29 is 19.1 Å². The van der Waals surface area contributed by atoms with E-state index in [1.807, 2.05) is 28.5 Å². The lowest BCUT2D eigenvalue weighted by atomic mass is 9.99. The first-order chi connectivity index (χ1) is 15.0. The predicted molar refractivity (Wildman–Crippen MR) is 117 cm³/mol. The van der Waals surface area contributed by atoms with E-state index in [9.17, 15) is 14.4 Å². The molecule has 1 aromatic carbocycles. The SMILES string of the molecule is COc1ccc2c(c1)CCN(C(=O)CCc1csc(NC(=O)C3C=CC=NC3=O)n1)C2. The highest BCUT2D eigenvalue weighted by atomic mass is 32.1. The van der Waals surface area contributed by atoms with E-state index in [1.54, 1.807) is 13.2 Å². The first-order valence-electron chi connectivity index (χ1n) is 9.97. The molecule has 160 valence electrons. The monoisotopic (exact) mass is 438 g/mol. The number of nitrogens with zero attached hydrogens (tertiary/aromatic N) is 3. The number of fused-ring (bicyclic) bond motifs is 1. The van der Waals surface area contributed by atoms with Gasteiger partial charge in [0.05, 0.1) is 12.8 Å². The average Bonchev–Trinajstić information content (AvgIpc) is 3.24. The Bertz CT molecular complexity index is 1080. The van der Waals surface area contributed by atoms with Crippen molar-refractivity contribution in [1.82, 2.24) is 9.88 Å². The van der Waals surface area contributed by atoms with Crippen molar-refractivity contribution in [2.45, 2.75) is 25.8 Å². The van der Waals surface area contributed by atoms with Crippen molar-refractivity contribution in [1.29, 1.82) is 0 Å². The van der Waals surface area contributed by atoms with Crippen LogP contribution in [0.25, 0.3) is 0 Å². The van der Waals surface area contributed by atoms with Crippen LogP contribution < -0.4 is 10.1 Å². The average molecular weight is 439 g/mol. The summed E-state index contributed by atoms with van der Waals surface area (Å²) >= 11 is 1.27. The molecular weight excluding hydrogens is 416 g/mol. The molecule has 1 atom stereocenters. The van der Waals surface area contributed by atoms with Gasteiger partial charge in [-0.1, -0.05) is 12.1 Å². The molecule has 31 heavy (non-hydrogen) atoms. The lowest BCUT2D eigenvalue weighted by Crippen LogP contribution is -2.36. The minimum absolute atomic E-state index is 0.0795. The van der Waals surface area contributed by atoms with E-state index in [0.717, 1.165) is 23.4 Å². The highest BCUT2D eigenvalue weighted by molar-refractivity contribution is 7.13. The van der Waals surface area contributed by atoms with Crippen LogP contribution in [0.5, 0.6) is 5.75 Å². The van der Waals surface area contributed by atoms with Gasteiger partial charge >= 0.3 is 0 Å².